The highest BCUT2D eigenvalue weighted by Gasteiger charge is 2.25. The molecule has 1 aromatic carbocycles. The Hall–Kier alpha value is -1.69. The Morgan fingerprint density at radius 3 is 2.83 bits per heavy atom. The van der Waals surface area contributed by atoms with Crippen LogP contribution >= 0.6 is 11.8 Å². The number of hydrogen-bond donors (Lipinski definition) is 0. The fourth-order valence-corrected chi connectivity index (χ4v) is 4.75. The van der Waals surface area contributed by atoms with Crippen molar-refractivity contribution >= 4 is 17.5 Å². The molecule has 0 unspecified atom stereocenters. The van der Waals surface area contributed by atoms with E-state index in [1.807, 2.05) is 17.7 Å². The largest absolute Gasteiger partial charge is 0.293 e. The van der Waals surface area contributed by atoms with Crippen LogP contribution in [0.1, 0.15) is 66.6 Å². The molecule has 4 rings (SSSR count). The molecule has 1 fully saturated rings. The van der Waals surface area contributed by atoms with Crippen LogP contribution in [-0.4, -0.2) is 31.2 Å². The molecular formula is C18H22N4OS. The first-order chi connectivity index (χ1) is 11.7. The maximum atomic E-state index is 12.8. The normalized spacial score (nSPS) is 18.7. The molecule has 1 atom stereocenters. The summed E-state index contributed by atoms with van der Waals surface area (Å²) < 4.78 is 1.92. The number of rotatable bonds is 5. The van der Waals surface area contributed by atoms with Gasteiger partial charge in [0.15, 0.2) is 5.78 Å². The first kappa shape index (κ1) is 15.8. The molecule has 1 saturated carbocycles. The van der Waals surface area contributed by atoms with Crippen LogP contribution in [0.2, 0.25) is 0 Å². The summed E-state index contributed by atoms with van der Waals surface area (Å²) in [5.41, 5.74) is 3.56. The molecule has 2 aliphatic rings. The Morgan fingerprint density at radius 1 is 1.21 bits per heavy atom. The van der Waals surface area contributed by atoms with E-state index >= 15 is 0 Å². The number of carbonyl (C=O) groups excluding carboxylic acids is 1. The number of carbonyl (C=O) groups is 1. The van der Waals surface area contributed by atoms with E-state index in [4.69, 9.17) is 0 Å². The maximum Gasteiger partial charge on any atom is 0.210 e. The molecule has 0 aliphatic heterocycles. The average Bonchev–Trinajstić information content (AvgIpc) is 3.33. The van der Waals surface area contributed by atoms with Crippen molar-refractivity contribution in [3.63, 3.8) is 0 Å². The van der Waals surface area contributed by atoms with E-state index in [0.29, 0.717) is 6.04 Å². The van der Waals surface area contributed by atoms with Gasteiger partial charge in [0.05, 0.1) is 11.3 Å². The van der Waals surface area contributed by atoms with Gasteiger partial charge in [-0.3, -0.25) is 4.79 Å². The summed E-state index contributed by atoms with van der Waals surface area (Å²) in [5, 5.41) is 12.7. The summed E-state index contributed by atoms with van der Waals surface area (Å²) in [6.45, 7) is 1.95. The number of fused-ring (bicyclic) bond motifs is 1. The van der Waals surface area contributed by atoms with Crippen LogP contribution in [0.5, 0.6) is 0 Å². The van der Waals surface area contributed by atoms with Gasteiger partial charge >= 0.3 is 0 Å². The summed E-state index contributed by atoms with van der Waals surface area (Å²) in [5.74, 6) is 0.163. The van der Waals surface area contributed by atoms with E-state index < -0.39 is 0 Å². The molecule has 2 aliphatic carbocycles. The second kappa shape index (κ2) is 6.67. The third-order valence-corrected chi connectivity index (χ3v) is 6.21. The number of ketones is 1. The smallest absolute Gasteiger partial charge is 0.210 e. The maximum absolute atomic E-state index is 12.8. The molecule has 24 heavy (non-hydrogen) atoms. The zero-order valence-corrected chi connectivity index (χ0v) is 14.8. The second-order valence-corrected chi connectivity index (χ2v) is 8.11. The lowest BCUT2D eigenvalue weighted by Gasteiger charge is -2.14. The fraction of sp³-hybridized carbons (Fsp3) is 0.556. The van der Waals surface area contributed by atoms with Gasteiger partial charge in [-0.05, 0) is 66.6 Å². The number of tetrazole rings is 1. The lowest BCUT2D eigenvalue weighted by molar-refractivity contribution is 0.0993. The minimum absolute atomic E-state index is 0.163. The number of nitrogens with zero attached hydrogens (tertiary/aromatic N) is 4. The number of aromatic nitrogens is 4. The van der Waals surface area contributed by atoms with Crippen LogP contribution < -0.4 is 0 Å². The highest BCUT2D eigenvalue weighted by atomic mass is 32.2. The molecule has 0 amide bonds. The predicted octanol–water partition coefficient (Wildman–Crippen LogP) is 3.64. The molecule has 6 heteroatoms. The quantitative estimate of drug-likeness (QED) is 0.613. The van der Waals surface area contributed by atoms with Gasteiger partial charge in [0.25, 0.3) is 0 Å². The van der Waals surface area contributed by atoms with Crippen molar-refractivity contribution in [1.29, 1.82) is 0 Å². The third-order valence-electron chi connectivity index (χ3n) is 5.17. The zero-order valence-electron chi connectivity index (χ0n) is 13.9. The highest BCUT2D eigenvalue weighted by Crippen LogP contribution is 2.33. The minimum atomic E-state index is -0.185. The Kier molecular flexibility index (Phi) is 4.39. The van der Waals surface area contributed by atoms with Crippen molar-refractivity contribution < 1.29 is 4.79 Å². The first-order valence-corrected chi connectivity index (χ1v) is 9.71. The summed E-state index contributed by atoms with van der Waals surface area (Å²) >= 11 is 1.48. The average molecular weight is 342 g/mol. The van der Waals surface area contributed by atoms with Gasteiger partial charge in [-0.15, -0.1) is 5.10 Å². The molecule has 0 N–H and O–H groups in total. The van der Waals surface area contributed by atoms with E-state index in [-0.39, 0.29) is 11.0 Å². The van der Waals surface area contributed by atoms with E-state index in [0.717, 1.165) is 36.4 Å². The van der Waals surface area contributed by atoms with Gasteiger partial charge in [0.1, 0.15) is 0 Å². The summed E-state index contributed by atoms with van der Waals surface area (Å²) in [6, 6.07) is 6.57. The van der Waals surface area contributed by atoms with Crippen molar-refractivity contribution in [2.45, 2.75) is 68.3 Å². The van der Waals surface area contributed by atoms with Gasteiger partial charge < -0.3 is 0 Å². The number of thioether (sulfide) groups is 1. The summed E-state index contributed by atoms with van der Waals surface area (Å²) in [7, 11) is 0. The number of Topliss-reactive ketones (excluding diaryl/α,β-unsaturated/α-hetero) is 1. The van der Waals surface area contributed by atoms with Crippen LogP contribution in [0, 0.1) is 0 Å². The molecule has 126 valence electrons. The lowest BCUT2D eigenvalue weighted by Crippen LogP contribution is -2.16. The van der Waals surface area contributed by atoms with Crippen molar-refractivity contribution in [3.8, 4) is 0 Å². The SMILES string of the molecule is C[C@H](Sc1nnnn1C1CCCC1)C(=O)c1ccc2c(c1)CCC2. The molecule has 5 nitrogen and oxygen atoms in total. The van der Waals surface area contributed by atoms with Crippen molar-refractivity contribution in [3.05, 3.63) is 34.9 Å². The molecule has 1 heterocycles. The summed E-state index contributed by atoms with van der Waals surface area (Å²) in [4.78, 5) is 12.8. The monoisotopic (exact) mass is 342 g/mol. The highest BCUT2D eigenvalue weighted by molar-refractivity contribution is 8.00. The summed E-state index contributed by atoms with van der Waals surface area (Å²) in [6.07, 6.45) is 8.17. The van der Waals surface area contributed by atoms with Crippen LogP contribution in [0.15, 0.2) is 23.4 Å². The van der Waals surface area contributed by atoms with Gasteiger partial charge in [-0.1, -0.05) is 36.7 Å². The van der Waals surface area contributed by atoms with Crippen molar-refractivity contribution in [2.75, 3.05) is 0 Å². The minimum Gasteiger partial charge on any atom is -0.293 e. The number of hydrogen-bond acceptors (Lipinski definition) is 5. The molecular weight excluding hydrogens is 320 g/mol. The topological polar surface area (TPSA) is 60.7 Å². The Labute approximate surface area is 146 Å². The second-order valence-electron chi connectivity index (χ2n) is 6.81. The third kappa shape index (κ3) is 2.99. The van der Waals surface area contributed by atoms with Gasteiger partial charge in [0, 0.05) is 5.56 Å². The van der Waals surface area contributed by atoms with Crippen LogP contribution in [0.25, 0.3) is 0 Å². The van der Waals surface area contributed by atoms with E-state index in [1.54, 1.807) is 0 Å². The van der Waals surface area contributed by atoms with Gasteiger partial charge in [-0.25, -0.2) is 4.68 Å². The molecule has 0 bridgehead atoms. The number of benzene rings is 1. The predicted molar refractivity (Wildman–Crippen MR) is 93.4 cm³/mol. The Bertz CT molecular complexity index is 751. The van der Waals surface area contributed by atoms with Crippen LogP contribution in [0.3, 0.4) is 0 Å². The molecule has 0 spiro atoms. The van der Waals surface area contributed by atoms with E-state index in [2.05, 4.69) is 27.7 Å². The Morgan fingerprint density at radius 2 is 2.00 bits per heavy atom. The van der Waals surface area contributed by atoms with Gasteiger partial charge in [0.2, 0.25) is 5.16 Å². The molecule has 0 saturated heterocycles. The van der Waals surface area contributed by atoms with Gasteiger partial charge in [-0.2, -0.15) is 0 Å². The van der Waals surface area contributed by atoms with Crippen LogP contribution in [-0.2, 0) is 12.8 Å². The van der Waals surface area contributed by atoms with Crippen molar-refractivity contribution in [1.82, 2.24) is 20.2 Å². The first-order valence-electron chi connectivity index (χ1n) is 8.83. The van der Waals surface area contributed by atoms with Crippen molar-refractivity contribution in [2.24, 2.45) is 0 Å². The fourth-order valence-electron chi connectivity index (χ4n) is 3.81. The number of aryl methyl sites for hydroxylation is 2. The molecule has 0 radical (unpaired) electrons. The van der Waals surface area contributed by atoms with E-state index in [9.17, 15) is 4.79 Å². The molecule has 1 aromatic heterocycles. The standard InChI is InChI=1S/C18H22N4OS/c1-12(17(23)15-10-9-13-5-4-6-14(13)11-15)24-18-19-20-21-22(18)16-7-2-3-8-16/h9-12,16H,2-8H2,1H3/t12-/m0/s1. The Balaban J connectivity index is 1.49. The van der Waals surface area contributed by atoms with E-state index in [1.165, 1.54) is 42.2 Å². The lowest BCUT2D eigenvalue weighted by atomic mass is 10.0. The zero-order chi connectivity index (χ0) is 16.5. The van der Waals surface area contributed by atoms with Crippen LogP contribution in [0.4, 0.5) is 0 Å². The molecule has 2 aromatic rings.